The Morgan fingerprint density at radius 3 is 2.43 bits per heavy atom. The van der Waals surface area contributed by atoms with Crippen LogP contribution in [0.25, 0.3) is 0 Å². The van der Waals surface area contributed by atoms with Gasteiger partial charge in [-0.05, 0) is 30.7 Å². The number of piperazine rings is 1. The predicted octanol–water partition coefficient (Wildman–Crippen LogP) is 1.14. The summed E-state index contributed by atoms with van der Waals surface area (Å²) < 4.78 is 28.8. The highest BCUT2D eigenvalue weighted by atomic mass is 32.2. The van der Waals surface area contributed by atoms with E-state index in [1.54, 1.807) is 34.8 Å². The molecule has 1 fully saturated rings. The first-order valence-corrected chi connectivity index (χ1v) is 11.7. The zero-order valence-electron chi connectivity index (χ0n) is 16.3. The number of aryl methyl sites for hydroxylation is 1. The van der Waals surface area contributed by atoms with E-state index in [0.29, 0.717) is 42.2 Å². The smallest absolute Gasteiger partial charge is 0.305 e. The molecule has 1 aliphatic rings. The largest absolute Gasteiger partial charge is 0.336 e. The summed E-state index contributed by atoms with van der Waals surface area (Å²) >= 11 is 0.694. The minimum atomic E-state index is -3.74. The van der Waals surface area contributed by atoms with E-state index < -0.39 is 14.9 Å². The van der Waals surface area contributed by atoms with Gasteiger partial charge in [-0.1, -0.05) is 23.5 Å². The van der Waals surface area contributed by atoms with Crippen molar-refractivity contribution in [3.8, 4) is 0 Å². The second kappa shape index (κ2) is 8.17. The number of carbonyl (C=O) groups excluding carboxylic acids is 1. The van der Waals surface area contributed by atoms with Crippen LogP contribution < -0.4 is 4.87 Å². The maximum Gasteiger partial charge on any atom is 0.305 e. The summed E-state index contributed by atoms with van der Waals surface area (Å²) in [5.41, 5.74) is 1.95. The number of hydrogen-bond donors (Lipinski definition) is 1. The van der Waals surface area contributed by atoms with E-state index in [9.17, 15) is 18.0 Å². The lowest BCUT2D eigenvalue weighted by Crippen LogP contribution is -2.50. The van der Waals surface area contributed by atoms with Crippen LogP contribution in [0.3, 0.4) is 0 Å². The number of aromatic nitrogens is 3. The molecule has 0 saturated carbocycles. The van der Waals surface area contributed by atoms with Crippen molar-refractivity contribution < 1.29 is 13.2 Å². The number of hydrogen-bond acceptors (Lipinski definition) is 6. The van der Waals surface area contributed by atoms with Crippen molar-refractivity contribution in [3.05, 3.63) is 69.2 Å². The zero-order chi connectivity index (χ0) is 21.3. The van der Waals surface area contributed by atoms with Gasteiger partial charge >= 0.3 is 4.87 Å². The van der Waals surface area contributed by atoms with E-state index in [4.69, 9.17) is 0 Å². The Hall–Kier alpha value is -2.76. The third-order valence-electron chi connectivity index (χ3n) is 4.99. The van der Waals surface area contributed by atoms with Crippen LogP contribution in [0.5, 0.6) is 0 Å². The molecule has 0 unspecified atom stereocenters. The normalized spacial score (nSPS) is 15.4. The van der Waals surface area contributed by atoms with Crippen LogP contribution in [-0.2, 0) is 16.6 Å². The van der Waals surface area contributed by atoms with Gasteiger partial charge in [-0.3, -0.25) is 14.3 Å². The number of nitrogens with one attached hydrogen (secondary N) is 1. The minimum Gasteiger partial charge on any atom is -0.336 e. The Morgan fingerprint density at radius 1 is 1.17 bits per heavy atom. The third-order valence-corrected chi connectivity index (χ3v) is 8.47. The number of H-pyrrole nitrogens is 1. The summed E-state index contributed by atoms with van der Waals surface area (Å²) in [6, 6.07) is 9.21. The van der Waals surface area contributed by atoms with Gasteiger partial charge in [-0.2, -0.15) is 9.40 Å². The summed E-state index contributed by atoms with van der Waals surface area (Å²) in [5, 5.41) is 4.17. The third kappa shape index (κ3) is 4.09. The molecule has 1 aliphatic heterocycles. The fraction of sp³-hybridized carbons (Fsp3) is 0.316. The molecule has 3 heterocycles. The van der Waals surface area contributed by atoms with Crippen LogP contribution >= 0.6 is 11.3 Å². The molecule has 1 N–H and O–H groups in total. The Labute approximate surface area is 177 Å². The van der Waals surface area contributed by atoms with Gasteiger partial charge in [0.25, 0.3) is 15.9 Å². The Bertz CT molecular complexity index is 1190. The number of benzene rings is 1. The summed E-state index contributed by atoms with van der Waals surface area (Å²) in [6.07, 6.45) is 3.59. The first-order chi connectivity index (χ1) is 14.3. The monoisotopic (exact) mass is 447 g/mol. The summed E-state index contributed by atoms with van der Waals surface area (Å²) in [4.78, 5) is 28.0. The number of carbonyl (C=O) groups is 1. The van der Waals surface area contributed by atoms with Crippen molar-refractivity contribution >= 4 is 27.3 Å². The van der Waals surface area contributed by atoms with Crippen LogP contribution in [0.15, 0.2) is 51.7 Å². The highest BCUT2D eigenvalue weighted by Gasteiger charge is 2.32. The SMILES string of the molecule is Cc1[nH]c(=O)sc1S(=O)(=O)N1CCN(C(=O)c2ccc(Cn3cccn3)cc2)CC1. The molecule has 1 aromatic carbocycles. The molecule has 0 radical (unpaired) electrons. The number of nitrogens with zero attached hydrogens (tertiary/aromatic N) is 4. The first-order valence-electron chi connectivity index (χ1n) is 9.40. The van der Waals surface area contributed by atoms with Crippen molar-refractivity contribution in [3.63, 3.8) is 0 Å². The first kappa shape index (κ1) is 20.5. The molecule has 9 nitrogen and oxygen atoms in total. The van der Waals surface area contributed by atoms with Gasteiger partial charge < -0.3 is 9.88 Å². The molecule has 0 spiro atoms. The molecule has 3 aromatic rings. The fourth-order valence-corrected chi connectivity index (χ4v) is 6.26. The molecule has 1 saturated heterocycles. The van der Waals surface area contributed by atoms with Crippen molar-refractivity contribution in [2.45, 2.75) is 17.7 Å². The van der Waals surface area contributed by atoms with Crippen LogP contribution in [-0.4, -0.2) is 64.5 Å². The number of aromatic amines is 1. The van der Waals surface area contributed by atoms with E-state index in [-0.39, 0.29) is 23.2 Å². The average Bonchev–Trinajstić information content (AvgIpc) is 3.37. The van der Waals surface area contributed by atoms with Crippen LogP contribution in [0, 0.1) is 6.92 Å². The van der Waals surface area contributed by atoms with Crippen molar-refractivity contribution in [2.24, 2.45) is 0 Å². The van der Waals surface area contributed by atoms with Gasteiger partial charge in [-0.25, -0.2) is 8.42 Å². The lowest BCUT2D eigenvalue weighted by atomic mass is 10.1. The van der Waals surface area contributed by atoms with E-state index in [0.717, 1.165) is 5.56 Å². The van der Waals surface area contributed by atoms with Gasteiger partial charge in [-0.15, -0.1) is 0 Å². The molecular weight excluding hydrogens is 426 g/mol. The quantitative estimate of drug-likeness (QED) is 0.631. The Morgan fingerprint density at radius 2 is 1.87 bits per heavy atom. The minimum absolute atomic E-state index is 0.0417. The maximum absolute atomic E-state index is 12.8. The highest BCUT2D eigenvalue weighted by Crippen LogP contribution is 2.22. The molecule has 0 bridgehead atoms. The van der Waals surface area contributed by atoms with Crippen molar-refractivity contribution in [2.75, 3.05) is 26.2 Å². The molecule has 158 valence electrons. The van der Waals surface area contributed by atoms with Gasteiger partial charge in [0.15, 0.2) is 4.21 Å². The topological polar surface area (TPSA) is 108 Å². The molecule has 2 aromatic heterocycles. The van der Waals surface area contributed by atoms with Gasteiger partial charge in [0.05, 0.1) is 6.54 Å². The van der Waals surface area contributed by atoms with Gasteiger partial charge in [0.2, 0.25) is 0 Å². The van der Waals surface area contributed by atoms with E-state index in [1.807, 2.05) is 24.4 Å². The number of rotatable bonds is 5. The molecule has 0 atom stereocenters. The molecular formula is C19H21N5O4S2. The standard InChI is InChI=1S/C19H21N5O4S2/c1-14-18(29-19(26)21-14)30(27,28)24-11-9-22(10-12-24)17(25)16-5-3-15(4-6-16)13-23-8-2-7-20-23/h2-8H,9-13H2,1H3,(H,21,26). The van der Waals surface area contributed by atoms with E-state index in [2.05, 4.69) is 10.1 Å². The van der Waals surface area contributed by atoms with Crippen LogP contribution in [0.1, 0.15) is 21.6 Å². The van der Waals surface area contributed by atoms with E-state index >= 15 is 0 Å². The lowest BCUT2D eigenvalue weighted by Gasteiger charge is -2.33. The molecule has 1 amide bonds. The van der Waals surface area contributed by atoms with Crippen LogP contribution in [0.2, 0.25) is 0 Å². The van der Waals surface area contributed by atoms with Crippen LogP contribution in [0.4, 0.5) is 0 Å². The van der Waals surface area contributed by atoms with Gasteiger partial charge in [0.1, 0.15) is 0 Å². The summed E-state index contributed by atoms with van der Waals surface area (Å²) in [6.45, 7) is 3.17. The molecule has 0 aliphatic carbocycles. The maximum atomic E-state index is 12.8. The molecule has 4 rings (SSSR count). The number of thiazole rings is 1. The average molecular weight is 448 g/mol. The summed E-state index contributed by atoms with van der Waals surface area (Å²) in [5.74, 6) is -0.125. The second-order valence-electron chi connectivity index (χ2n) is 7.02. The van der Waals surface area contributed by atoms with Crippen molar-refractivity contribution in [1.82, 2.24) is 24.0 Å². The van der Waals surface area contributed by atoms with Gasteiger partial charge in [0, 0.05) is 49.8 Å². The highest BCUT2D eigenvalue weighted by molar-refractivity contribution is 7.91. The van der Waals surface area contributed by atoms with E-state index in [1.165, 1.54) is 4.31 Å². The second-order valence-corrected chi connectivity index (χ2v) is 10.1. The zero-order valence-corrected chi connectivity index (χ0v) is 17.9. The fourth-order valence-electron chi connectivity index (χ4n) is 3.40. The predicted molar refractivity (Wildman–Crippen MR) is 112 cm³/mol. The summed E-state index contributed by atoms with van der Waals surface area (Å²) in [7, 11) is -3.74. The van der Waals surface area contributed by atoms with Crippen molar-refractivity contribution in [1.29, 1.82) is 0 Å². The Balaban J connectivity index is 1.39. The lowest BCUT2D eigenvalue weighted by molar-refractivity contribution is 0.0698. The Kier molecular flexibility index (Phi) is 5.58. The molecule has 11 heteroatoms. The number of sulfonamides is 1. The number of amides is 1. The molecule has 30 heavy (non-hydrogen) atoms.